The van der Waals surface area contributed by atoms with Crippen molar-refractivity contribution < 1.29 is 14.0 Å². The average molecular weight is 244 g/mol. The normalized spacial score (nSPS) is 10.1. The van der Waals surface area contributed by atoms with E-state index >= 15 is 0 Å². The molecule has 0 spiro atoms. The third-order valence-electron chi connectivity index (χ3n) is 2.28. The summed E-state index contributed by atoms with van der Waals surface area (Å²) in [5, 5.41) is 0. The summed E-state index contributed by atoms with van der Waals surface area (Å²) in [4.78, 5) is 30.9. The van der Waals surface area contributed by atoms with Crippen LogP contribution < -0.4 is 0 Å². The molecule has 0 N–H and O–H groups in total. The molecule has 2 aromatic rings. The number of Topliss-reactive ketones (excluding diaryl/α,β-unsaturated/α-hetero) is 2. The molecule has 0 fully saturated rings. The maximum Gasteiger partial charge on any atom is 0.207 e. The molecule has 5 heteroatoms. The Labute approximate surface area is 103 Å². The van der Waals surface area contributed by atoms with E-state index in [1.807, 2.05) is 0 Å². The molecule has 0 aliphatic rings. The summed E-state index contributed by atoms with van der Waals surface area (Å²) >= 11 is 0. The predicted octanol–water partition coefficient (Wildman–Crippen LogP) is 2.07. The van der Waals surface area contributed by atoms with Gasteiger partial charge in [0, 0.05) is 18.0 Å². The highest BCUT2D eigenvalue weighted by Crippen LogP contribution is 2.08. The minimum Gasteiger partial charge on any atom is -0.294 e. The Kier molecular flexibility index (Phi) is 3.52. The van der Waals surface area contributed by atoms with Crippen LogP contribution in [-0.2, 0) is 0 Å². The summed E-state index contributed by atoms with van der Waals surface area (Å²) in [6.45, 7) is 0. The van der Waals surface area contributed by atoms with Crippen LogP contribution in [-0.4, -0.2) is 21.5 Å². The fourth-order valence-electron chi connectivity index (χ4n) is 1.43. The third kappa shape index (κ3) is 2.82. The molecule has 0 atom stereocenters. The number of hydrogen-bond donors (Lipinski definition) is 0. The van der Waals surface area contributed by atoms with E-state index in [1.165, 1.54) is 30.6 Å². The highest BCUT2D eigenvalue weighted by molar-refractivity contribution is 6.12. The maximum absolute atomic E-state index is 12.9. The highest BCUT2D eigenvalue weighted by Gasteiger charge is 2.15. The van der Waals surface area contributed by atoms with E-state index in [0.29, 0.717) is 0 Å². The largest absolute Gasteiger partial charge is 0.294 e. The monoisotopic (exact) mass is 244 g/mol. The van der Waals surface area contributed by atoms with Crippen molar-refractivity contribution in [1.82, 2.24) is 9.97 Å². The van der Waals surface area contributed by atoms with Crippen LogP contribution in [0.2, 0.25) is 0 Å². The second-order valence-corrected chi connectivity index (χ2v) is 3.61. The van der Waals surface area contributed by atoms with E-state index in [0.717, 1.165) is 6.07 Å². The van der Waals surface area contributed by atoms with Crippen molar-refractivity contribution >= 4 is 11.6 Å². The molecule has 1 heterocycles. The van der Waals surface area contributed by atoms with Gasteiger partial charge >= 0.3 is 0 Å². The summed E-state index contributed by atoms with van der Waals surface area (Å²) in [6.07, 6.45) is 2.48. The summed E-state index contributed by atoms with van der Waals surface area (Å²) in [5.41, 5.74) is 0.166. The Hall–Kier alpha value is -2.43. The van der Waals surface area contributed by atoms with Gasteiger partial charge < -0.3 is 0 Å². The smallest absolute Gasteiger partial charge is 0.207 e. The van der Waals surface area contributed by atoms with Gasteiger partial charge in [-0.3, -0.25) is 9.59 Å². The number of nitrogens with zero attached hydrogens (tertiary/aromatic N) is 2. The molecule has 0 saturated heterocycles. The lowest BCUT2D eigenvalue weighted by Gasteiger charge is -2.00. The van der Waals surface area contributed by atoms with Gasteiger partial charge in [0.15, 0.2) is 11.6 Å². The first kappa shape index (κ1) is 12.0. The zero-order valence-corrected chi connectivity index (χ0v) is 9.34. The molecule has 0 radical (unpaired) electrons. The van der Waals surface area contributed by atoms with Crippen molar-refractivity contribution in [1.29, 1.82) is 0 Å². The van der Waals surface area contributed by atoms with Crippen LogP contribution in [0.1, 0.15) is 27.4 Å². The third-order valence-corrected chi connectivity index (χ3v) is 2.28. The molecule has 0 amide bonds. The van der Waals surface area contributed by atoms with Crippen LogP contribution in [0, 0.1) is 5.82 Å². The Bertz CT molecular complexity index is 585. The molecular weight excluding hydrogens is 235 g/mol. The first-order chi connectivity index (χ1) is 8.66. The van der Waals surface area contributed by atoms with Gasteiger partial charge in [-0.1, -0.05) is 12.1 Å². The number of carbonyl (C=O) groups excluding carboxylic acids is 2. The van der Waals surface area contributed by atoms with E-state index in [1.54, 1.807) is 6.07 Å². The molecule has 1 aromatic heterocycles. The van der Waals surface area contributed by atoms with Gasteiger partial charge in [-0.05, 0) is 18.2 Å². The Morgan fingerprint density at radius 3 is 2.44 bits per heavy atom. The molecule has 4 nitrogen and oxygen atoms in total. The first-order valence-electron chi connectivity index (χ1n) is 5.26. The van der Waals surface area contributed by atoms with Gasteiger partial charge in [0.2, 0.25) is 5.78 Å². The maximum atomic E-state index is 12.9. The van der Waals surface area contributed by atoms with Crippen molar-refractivity contribution in [3.63, 3.8) is 0 Å². The minimum absolute atomic E-state index is 0.0118. The number of halogens is 1. The van der Waals surface area contributed by atoms with E-state index in [-0.39, 0.29) is 17.8 Å². The van der Waals surface area contributed by atoms with Gasteiger partial charge in [-0.25, -0.2) is 14.4 Å². The molecule has 0 aliphatic heterocycles. The molecule has 0 unspecified atom stereocenters. The minimum atomic E-state index is -0.510. The number of rotatable bonds is 4. The van der Waals surface area contributed by atoms with Crippen LogP contribution in [0.3, 0.4) is 0 Å². The lowest BCUT2D eigenvalue weighted by atomic mass is 10.1. The van der Waals surface area contributed by atoms with Crippen molar-refractivity contribution in [3.05, 3.63) is 59.9 Å². The van der Waals surface area contributed by atoms with Crippen molar-refractivity contribution in [3.8, 4) is 0 Å². The quantitative estimate of drug-likeness (QED) is 0.610. The fraction of sp³-hybridized carbons (Fsp3) is 0.0769. The SMILES string of the molecule is O=C(CC(=O)c1ncccn1)c1cccc(F)c1. The van der Waals surface area contributed by atoms with Crippen LogP contribution in [0.5, 0.6) is 0 Å². The number of benzene rings is 1. The second kappa shape index (κ2) is 5.27. The number of hydrogen-bond acceptors (Lipinski definition) is 4. The van der Waals surface area contributed by atoms with Crippen LogP contribution in [0.15, 0.2) is 42.7 Å². The van der Waals surface area contributed by atoms with Gasteiger partial charge in [-0.15, -0.1) is 0 Å². The molecule has 90 valence electrons. The molecule has 0 aliphatic carbocycles. The van der Waals surface area contributed by atoms with Gasteiger partial charge in [-0.2, -0.15) is 0 Å². The molecule has 0 saturated carbocycles. The molecule has 18 heavy (non-hydrogen) atoms. The Morgan fingerprint density at radius 2 is 1.78 bits per heavy atom. The second-order valence-electron chi connectivity index (χ2n) is 3.61. The van der Waals surface area contributed by atoms with E-state index < -0.39 is 17.4 Å². The lowest BCUT2D eigenvalue weighted by molar-refractivity contribution is 0.0888. The standard InChI is InChI=1S/C13H9FN2O2/c14-10-4-1-3-9(7-10)11(17)8-12(18)13-15-5-2-6-16-13/h1-7H,8H2. The van der Waals surface area contributed by atoms with Crippen molar-refractivity contribution in [2.75, 3.05) is 0 Å². The van der Waals surface area contributed by atoms with Crippen LogP contribution in [0.4, 0.5) is 4.39 Å². The van der Waals surface area contributed by atoms with Gasteiger partial charge in [0.1, 0.15) is 5.82 Å². The van der Waals surface area contributed by atoms with Crippen molar-refractivity contribution in [2.45, 2.75) is 6.42 Å². The predicted molar refractivity (Wildman–Crippen MR) is 61.7 cm³/mol. The zero-order valence-electron chi connectivity index (χ0n) is 9.34. The van der Waals surface area contributed by atoms with E-state index in [2.05, 4.69) is 9.97 Å². The number of carbonyl (C=O) groups is 2. The van der Waals surface area contributed by atoms with Crippen LogP contribution >= 0.6 is 0 Å². The highest BCUT2D eigenvalue weighted by atomic mass is 19.1. The Balaban J connectivity index is 2.11. The molecule has 2 rings (SSSR count). The molecular formula is C13H9FN2O2. The van der Waals surface area contributed by atoms with Gasteiger partial charge in [0.25, 0.3) is 0 Å². The van der Waals surface area contributed by atoms with E-state index in [9.17, 15) is 14.0 Å². The summed E-state index contributed by atoms with van der Waals surface area (Å²) < 4.78 is 12.9. The number of aromatic nitrogens is 2. The van der Waals surface area contributed by atoms with E-state index in [4.69, 9.17) is 0 Å². The summed E-state index contributed by atoms with van der Waals surface area (Å²) in [6, 6.07) is 6.79. The number of ketones is 2. The van der Waals surface area contributed by atoms with Crippen molar-refractivity contribution in [2.24, 2.45) is 0 Å². The fourth-order valence-corrected chi connectivity index (χ4v) is 1.43. The lowest BCUT2D eigenvalue weighted by Crippen LogP contribution is -2.11. The zero-order chi connectivity index (χ0) is 13.0. The first-order valence-corrected chi connectivity index (χ1v) is 5.26. The summed E-state index contributed by atoms with van der Waals surface area (Å²) in [7, 11) is 0. The molecule has 0 bridgehead atoms. The Morgan fingerprint density at radius 1 is 1.06 bits per heavy atom. The van der Waals surface area contributed by atoms with Gasteiger partial charge in [0.05, 0.1) is 6.42 Å². The topological polar surface area (TPSA) is 59.9 Å². The van der Waals surface area contributed by atoms with Crippen LogP contribution in [0.25, 0.3) is 0 Å². The molecule has 1 aromatic carbocycles. The average Bonchev–Trinajstić information content (AvgIpc) is 2.39. The summed E-state index contributed by atoms with van der Waals surface area (Å²) in [5.74, 6) is -1.46.